The minimum Gasteiger partial charge on any atom is -0.497 e. The van der Waals surface area contributed by atoms with Gasteiger partial charge in [0.15, 0.2) is 0 Å². The van der Waals surface area contributed by atoms with Crippen LogP contribution in [0, 0.1) is 5.41 Å². The van der Waals surface area contributed by atoms with Crippen molar-refractivity contribution in [1.82, 2.24) is 10.9 Å². The van der Waals surface area contributed by atoms with Gasteiger partial charge in [0.25, 0.3) is 5.91 Å². The minimum absolute atomic E-state index is 0.104. The highest BCUT2D eigenvalue weighted by Crippen LogP contribution is 2.20. The molecule has 0 heterocycles. The summed E-state index contributed by atoms with van der Waals surface area (Å²) in [6, 6.07) is 6.90. The zero-order valence-corrected chi connectivity index (χ0v) is 11.3. The van der Waals surface area contributed by atoms with E-state index in [1.165, 1.54) is 0 Å². The van der Waals surface area contributed by atoms with Crippen molar-refractivity contribution in [2.75, 3.05) is 7.11 Å². The van der Waals surface area contributed by atoms with Crippen LogP contribution in [0.3, 0.4) is 0 Å². The van der Waals surface area contributed by atoms with E-state index in [0.717, 1.165) is 11.4 Å². The van der Waals surface area contributed by atoms with Gasteiger partial charge < -0.3 is 10.2 Å². The van der Waals surface area contributed by atoms with E-state index >= 15 is 0 Å². The number of hydrazine groups is 1. The maximum Gasteiger partial charge on any atom is 0.269 e. The van der Waals surface area contributed by atoms with Crippen molar-refractivity contribution < 1.29 is 9.53 Å². The molecule has 0 unspecified atom stereocenters. The molecule has 0 aliphatic carbocycles. The molecule has 0 spiro atoms. The van der Waals surface area contributed by atoms with Crippen molar-refractivity contribution in [3.8, 4) is 5.75 Å². The quantitative estimate of drug-likeness (QED) is 0.805. The fourth-order valence-electron chi connectivity index (χ4n) is 1.13. The zero-order valence-electron chi connectivity index (χ0n) is 11.3. The van der Waals surface area contributed by atoms with Crippen LogP contribution in [0.15, 0.2) is 36.5 Å². The number of benzene rings is 1. The highest BCUT2D eigenvalue weighted by atomic mass is 16.5. The van der Waals surface area contributed by atoms with Gasteiger partial charge in [-0.3, -0.25) is 10.2 Å². The molecule has 1 amide bonds. The molecule has 0 aliphatic rings. The lowest BCUT2D eigenvalue weighted by Crippen LogP contribution is -2.39. The van der Waals surface area contributed by atoms with Gasteiger partial charge in [-0.1, -0.05) is 27.4 Å². The van der Waals surface area contributed by atoms with Crippen LogP contribution >= 0.6 is 0 Å². The molecule has 1 aromatic rings. The molecule has 4 nitrogen and oxygen atoms in total. The summed E-state index contributed by atoms with van der Waals surface area (Å²) in [5.74, 6) is 0.515. The van der Waals surface area contributed by atoms with Gasteiger partial charge in [-0.2, -0.15) is 0 Å². The summed E-state index contributed by atoms with van der Waals surface area (Å²) < 4.78 is 5.03. The van der Waals surface area contributed by atoms with Crippen LogP contribution < -0.4 is 15.6 Å². The molecule has 4 heteroatoms. The highest BCUT2D eigenvalue weighted by molar-refractivity contribution is 5.94. The predicted molar refractivity (Wildman–Crippen MR) is 72.2 cm³/mol. The number of carbonyl (C=O) groups excluding carboxylic acids is 1. The maximum atomic E-state index is 11.8. The van der Waals surface area contributed by atoms with Gasteiger partial charge in [-0.25, -0.2) is 0 Å². The lowest BCUT2D eigenvalue weighted by Gasteiger charge is -2.23. The van der Waals surface area contributed by atoms with E-state index < -0.39 is 0 Å². The van der Waals surface area contributed by atoms with Crippen molar-refractivity contribution in [2.24, 2.45) is 5.41 Å². The van der Waals surface area contributed by atoms with Gasteiger partial charge in [-0.05, 0) is 24.3 Å². The summed E-state index contributed by atoms with van der Waals surface area (Å²) in [6.07, 6.45) is 0. The Balaban J connectivity index is 2.58. The topological polar surface area (TPSA) is 50.4 Å². The lowest BCUT2D eigenvalue weighted by molar-refractivity contribution is 0.0935. The number of nitrogens with one attached hydrogen (secondary N) is 2. The third-order valence-electron chi connectivity index (χ3n) is 2.58. The summed E-state index contributed by atoms with van der Waals surface area (Å²) in [7, 11) is 1.59. The van der Waals surface area contributed by atoms with Crippen molar-refractivity contribution in [2.45, 2.75) is 20.8 Å². The van der Waals surface area contributed by atoms with Crippen LogP contribution in [0.25, 0.3) is 0 Å². The second kappa shape index (κ2) is 5.58. The average molecular weight is 248 g/mol. The fourth-order valence-corrected chi connectivity index (χ4v) is 1.13. The van der Waals surface area contributed by atoms with Crippen molar-refractivity contribution in [3.63, 3.8) is 0 Å². The van der Waals surface area contributed by atoms with Gasteiger partial charge in [0.05, 0.1) is 7.11 Å². The van der Waals surface area contributed by atoms with E-state index in [2.05, 4.69) is 17.4 Å². The number of ether oxygens (including phenoxy) is 1. The van der Waals surface area contributed by atoms with E-state index in [4.69, 9.17) is 4.74 Å². The monoisotopic (exact) mass is 248 g/mol. The average Bonchev–Trinajstić information content (AvgIpc) is 2.34. The predicted octanol–water partition coefficient (Wildman–Crippen LogP) is 2.49. The van der Waals surface area contributed by atoms with Crippen LogP contribution in [0.4, 0.5) is 0 Å². The van der Waals surface area contributed by atoms with Gasteiger partial charge in [0, 0.05) is 16.7 Å². The third-order valence-corrected chi connectivity index (χ3v) is 2.58. The van der Waals surface area contributed by atoms with Crippen LogP contribution in [-0.2, 0) is 0 Å². The number of hydrogen-bond donors (Lipinski definition) is 2. The normalized spacial score (nSPS) is 10.7. The molecule has 0 aromatic heterocycles. The number of methoxy groups -OCH3 is 1. The Hall–Kier alpha value is -1.97. The Kier molecular flexibility index (Phi) is 4.37. The van der Waals surface area contributed by atoms with Gasteiger partial charge in [0.2, 0.25) is 0 Å². The number of allylic oxidation sites excluding steroid dienone is 1. The number of amides is 1. The van der Waals surface area contributed by atoms with Gasteiger partial charge in [-0.15, -0.1) is 0 Å². The minimum atomic E-state index is -0.206. The Labute approximate surface area is 108 Å². The Bertz CT molecular complexity index is 430. The summed E-state index contributed by atoms with van der Waals surface area (Å²) in [4.78, 5) is 11.8. The van der Waals surface area contributed by atoms with Gasteiger partial charge >= 0.3 is 0 Å². The molecule has 0 bridgehead atoms. The van der Waals surface area contributed by atoms with Crippen molar-refractivity contribution >= 4 is 5.91 Å². The fraction of sp³-hybridized carbons (Fsp3) is 0.357. The Morgan fingerprint density at radius 2 is 1.72 bits per heavy atom. The lowest BCUT2D eigenvalue weighted by atomic mass is 9.93. The van der Waals surface area contributed by atoms with Gasteiger partial charge in [0.1, 0.15) is 5.75 Å². The first-order valence-electron chi connectivity index (χ1n) is 5.74. The number of rotatable bonds is 4. The molecule has 0 aliphatic heterocycles. The summed E-state index contributed by atoms with van der Waals surface area (Å²) in [5, 5.41) is 0. The number of hydrogen-bond acceptors (Lipinski definition) is 3. The summed E-state index contributed by atoms with van der Waals surface area (Å²) in [6.45, 7) is 9.92. The van der Waals surface area contributed by atoms with E-state index in [1.54, 1.807) is 31.4 Å². The molecule has 1 rings (SSSR count). The second-order valence-corrected chi connectivity index (χ2v) is 5.04. The summed E-state index contributed by atoms with van der Waals surface area (Å²) >= 11 is 0. The Morgan fingerprint density at radius 3 is 2.17 bits per heavy atom. The van der Waals surface area contributed by atoms with Crippen LogP contribution in [0.5, 0.6) is 5.75 Å². The van der Waals surface area contributed by atoms with E-state index in [-0.39, 0.29) is 11.3 Å². The molecular formula is C14H20N2O2. The molecule has 18 heavy (non-hydrogen) atoms. The van der Waals surface area contributed by atoms with Crippen LogP contribution in [0.1, 0.15) is 31.1 Å². The molecule has 0 atom stereocenters. The molecular weight excluding hydrogens is 228 g/mol. The van der Waals surface area contributed by atoms with Crippen molar-refractivity contribution in [3.05, 3.63) is 42.1 Å². The maximum absolute atomic E-state index is 11.8. The highest BCUT2D eigenvalue weighted by Gasteiger charge is 2.15. The SMILES string of the molecule is C=C(NNC(=O)c1ccc(OC)cc1)C(C)(C)C. The molecule has 2 N–H and O–H groups in total. The van der Waals surface area contributed by atoms with Crippen LogP contribution in [0.2, 0.25) is 0 Å². The van der Waals surface area contributed by atoms with E-state index in [9.17, 15) is 4.79 Å². The smallest absolute Gasteiger partial charge is 0.269 e. The molecule has 0 fully saturated rings. The van der Waals surface area contributed by atoms with E-state index in [0.29, 0.717) is 5.56 Å². The van der Waals surface area contributed by atoms with Crippen LogP contribution in [-0.4, -0.2) is 13.0 Å². The third kappa shape index (κ3) is 3.80. The first-order valence-corrected chi connectivity index (χ1v) is 5.74. The summed E-state index contributed by atoms with van der Waals surface area (Å²) in [5.41, 5.74) is 6.65. The second-order valence-electron chi connectivity index (χ2n) is 5.04. The molecule has 0 radical (unpaired) electrons. The Morgan fingerprint density at radius 1 is 1.17 bits per heavy atom. The number of carbonyl (C=O) groups is 1. The zero-order chi connectivity index (χ0) is 13.8. The largest absolute Gasteiger partial charge is 0.497 e. The first-order chi connectivity index (χ1) is 8.34. The van der Waals surface area contributed by atoms with E-state index in [1.807, 2.05) is 20.8 Å². The van der Waals surface area contributed by atoms with Crippen molar-refractivity contribution in [1.29, 1.82) is 0 Å². The first kappa shape index (κ1) is 14.1. The molecule has 0 saturated carbocycles. The molecule has 98 valence electrons. The molecule has 1 aromatic carbocycles. The standard InChI is InChI=1S/C14H20N2O2/c1-10(14(2,3)4)15-16-13(17)11-6-8-12(18-5)9-7-11/h6-9,15H,1H2,2-5H3,(H,16,17). The molecule has 0 saturated heterocycles.